The lowest BCUT2D eigenvalue weighted by Gasteiger charge is -2.13. The maximum absolute atomic E-state index is 12.9. The van der Waals surface area contributed by atoms with Gasteiger partial charge in [0.15, 0.2) is 11.5 Å². The Kier molecular flexibility index (Phi) is 5.91. The summed E-state index contributed by atoms with van der Waals surface area (Å²) in [5.41, 5.74) is 0.548. The highest BCUT2D eigenvalue weighted by atomic mass is 35.5. The van der Waals surface area contributed by atoms with Gasteiger partial charge in [-0.1, -0.05) is 41.6 Å². The topological polar surface area (TPSA) is 68.7 Å². The SMILES string of the molecule is C=Nc1c(/N=C\C)c(=O)n(-c2ccc(C#Cc3ccccc3)cc2Cl)c(=O)n1C. The van der Waals surface area contributed by atoms with Gasteiger partial charge < -0.3 is 0 Å². The van der Waals surface area contributed by atoms with Gasteiger partial charge in [-0.2, -0.15) is 0 Å². The first-order valence-electron chi connectivity index (χ1n) is 8.66. The number of benzene rings is 2. The molecule has 2 aromatic carbocycles. The molecule has 0 aliphatic rings. The molecule has 1 heterocycles. The van der Waals surface area contributed by atoms with Crippen LogP contribution in [-0.2, 0) is 7.05 Å². The third-order valence-electron chi connectivity index (χ3n) is 4.13. The summed E-state index contributed by atoms with van der Waals surface area (Å²) in [5.74, 6) is 6.15. The van der Waals surface area contributed by atoms with Gasteiger partial charge in [-0.15, -0.1) is 0 Å². The summed E-state index contributed by atoms with van der Waals surface area (Å²) in [5, 5.41) is 0.217. The number of rotatable bonds is 3. The largest absolute Gasteiger partial charge is 0.337 e. The minimum atomic E-state index is -0.626. The molecule has 0 spiro atoms. The molecule has 0 atom stereocenters. The van der Waals surface area contributed by atoms with Gasteiger partial charge in [0.05, 0.1) is 10.7 Å². The molecule has 0 saturated heterocycles. The van der Waals surface area contributed by atoms with E-state index in [4.69, 9.17) is 11.6 Å². The number of halogens is 1. The molecule has 6 nitrogen and oxygen atoms in total. The van der Waals surface area contributed by atoms with Crippen molar-refractivity contribution in [2.45, 2.75) is 6.92 Å². The molecule has 144 valence electrons. The van der Waals surface area contributed by atoms with Crippen LogP contribution in [0.25, 0.3) is 5.69 Å². The van der Waals surface area contributed by atoms with E-state index in [1.54, 1.807) is 25.1 Å². The van der Waals surface area contributed by atoms with Crippen LogP contribution in [0.15, 0.2) is 68.1 Å². The zero-order valence-electron chi connectivity index (χ0n) is 15.9. The zero-order valence-corrected chi connectivity index (χ0v) is 16.6. The summed E-state index contributed by atoms with van der Waals surface area (Å²) in [4.78, 5) is 33.5. The monoisotopic (exact) mass is 404 g/mol. The second-order valence-electron chi connectivity index (χ2n) is 5.98. The molecule has 1 aromatic heterocycles. The minimum Gasteiger partial charge on any atom is -0.279 e. The second-order valence-corrected chi connectivity index (χ2v) is 6.39. The molecule has 0 radical (unpaired) electrons. The van der Waals surface area contributed by atoms with Crippen molar-refractivity contribution in [1.82, 2.24) is 9.13 Å². The van der Waals surface area contributed by atoms with Crippen LogP contribution in [0.5, 0.6) is 0 Å². The minimum absolute atomic E-state index is 0.00797. The molecule has 3 aromatic rings. The lowest BCUT2D eigenvalue weighted by Crippen LogP contribution is -2.37. The van der Waals surface area contributed by atoms with E-state index in [9.17, 15) is 9.59 Å². The first-order chi connectivity index (χ1) is 14.0. The van der Waals surface area contributed by atoms with Crippen molar-refractivity contribution in [1.29, 1.82) is 0 Å². The van der Waals surface area contributed by atoms with E-state index in [0.29, 0.717) is 5.56 Å². The third kappa shape index (κ3) is 3.96. The van der Waals surface area contributed by atoms with Crippen molar-refractivity contribution >= 4 is 36.0 Å². The molecule has 7 heteroatoms. The van der Waals surface area contributed by atoms with Crippen molar-refractivity contribution in [2.75, 3.05) is 0 Å². The van der Waals surface area contributed by atoms with Gasteiger partial charge in [0, 0.05) is 24.4 Å². The number of aliphatic imine (C=N–C) groups is 2. The Morgan fingerprint density at radius 1 is 1.07 bits per heavy atom. The van der Waals surface area contributed by atoms with Gasteiger partial charge in [-0.25, -0.2) is 14.4 Å². The quantitative estimate of drug-likeness (QED) is 0.494. The van der Waals surface area contributed by atoms with Crippen LogP contribution >= 0.6 is 11.6 Å². The lowest BCUT2D eigenvalue weighted by atomic mass is 10.1. The summed E-state index contributed by atoms with van der Waals surface area (Å²) >= 11 is 6.40. The van der Waals surface area contributed by atoms with Gasteiger partial charge in [-0.3, -0.25) is 14.4 Å². The van der Waals surface area contributed by atoms with Crippen LogP contribution in [0.4, 0.5) is 11.5 Å². The van der Waals surface area contributed by atoms with Crippen LogP contribution in [-0.4, -0.2) is 22.1 Å². The fourth-order valence-corrected chi connectivity index (χ4v) is 3.02. The van der Waals surface area contributed by atoms with Crippen LogP contribution < -0.4 is 11.2 Å². The fourth-order valence-electron chi connectivity index (χ4n) is 2.76. The van der Waals surface area contributed by atoms with Crippen molar-refractivity contribution in [3.63, 3.8) is 0 Å². The summed E-state index contributed by atoms with van der Waals surface area (Å²) in [7, 11) is 1.49. The van der Waals surface area contributed by atoms with Gasteiger partial charge >= 0.3 is 5.69 Å². The number of hydrogen-bond acceptors (Lipinski definition) is 4. The highest BCUT2D eigenvalue weighted by Crippen LogP contribution is 2.24. The third-order valence-corrected chi connectivity index (χ3v) is 4.44. The summed E-state index contributed by atoms with van der Waals surface area (Å²) in [6.45, 7) is 5.08. The predicted octanol–water partition coefficient (Wildman–Crippen LogP) is 3.64. The van der Waals surface area contributed by atoms with Crippen LogP contribution in [0.2, 0.25) is 5.02 Å². The molecule has 29 heavy (non-hydrogen) atoms. The lowest BCUT2D eigenvalue weighted by molar-refractivity contribution is 0.744. The molecule has 0 fully saturated rings. The summed E-state index contributed by atoms with van der Waals surface area (Å²) < 4.78 is 2.17. The van der Waals surface area contributed by atoms with E-state index in [1.807, 2.05) is 30.3 Å². The van der Waals surface area contributed by atoms with Crippen molar-refractivity contribution < 1.29 is 0 Å². The van der Waals surface area contributed by atoms with Gasteiger partial charge in [0.2, 0.25) is 0 Å². The molecule has 3 rings (SSSR count). The highest BCUT2D eigenvalue weighted by Gasteiger charge is 2.18. The molecule has 0 aliphatic carbocycles. The van der Waals surface area contributed by atoms with Gasteiger partial charge in [0.1, 0.15) is 0 Å². The Hall–Kier alpha value is -3.69. The Morgan fingerprint density at radius 3 is 2.38 bits per heavy atom. The molecule has 0 unspecified atom stereocenters. The standard InChI is InChI=1S/C22H17ClN4O2/c1-4-25-19-20(24-2)26(3)22(29)27(21(19)28)18-13-12-16(14-17(18)23)11-10-15-8-6-5-7-9-15/h4-9,12-14H,2H2,1,3H3/b25-4-. The smallest absolute Gasteiger partial charge is 0.279 e. The number of nitrogens with zero attached hydrogens (tertiary/aromatic N) is 4. The van der Waals surface area contributed by atoms with Gasteiger partial charge in [0.25, 0.3) is 5.56 Å². The number of hydrogen-bond donors (Lipinski definition) is 0. The number of aromatic nitrogens is 2. The molecule has 0 N–H and O–H groups in total. The Bertz CT molecular complexity index is 1290. The summed E-state index contributed by atoms with van der Waals surface area (Å²) in [6, 6.07) is 14.4. The van der Waals surface area contributed by atoms with Crippen molar-refractivity contribution in [3.05, 3.63) is 85.5 Å². The van der Waals surface area contributed by atoms with E-state index in [-0.39, 0.29) is 22.2 Å². The Balaban J connectivity index is 2.15. The van der Waals surface area contributed by atoms with E-state index < -0.39 is 11.2 Å². The van der Waals surface area contributed by atoms with Crippen molar-refractivity contribution in [2.24, 2.45) is 17.0 Å². The van der Waals surface area contributed by atoms with E-state index >= 15 is 0 Å². The Morgan fingerprint density at radius 2 is 1.76 bits per heavy atom. The van der Waals surface area contributed by atoms with E-state index in [2.05, 4.69) is 28.5 Å². The zero-order chi connectivity index (χ0) is 21.0. The molecule has 0 amide bonds. The maximum Gasteiger partial charge on any atom is 0.337 e. The van der Waals surface area contributed by atoms with Gasteiger partial charge in [-0.05, 0) is 44.0 Å². The molecule has 0 bridgehead atoms. The Labute approximate surface area is 172 Å². The van der Waals surface area contributed by atoms with Crippen LogP contribution in [0, 0.1) is 11.8 Å². The normalized spacial score (nSPS) is 10.6. The molecular weight excluding hydrogens is 388 g/mol. The molecular formula is C22H17ClN4O2. The molecule has 0 saturated carbocycles. The van der Waals surface area contributed by atoms with Crippen molar-refractivity contribution in [3.8, 4) is 17.5 Å². The van der Waals surface area contributed by atoms with E-state index in [1.165, 1.54) is 17.8 Å². The average molecular weight is 405 g/mol. The van der Waals surface area contributed by atoms with E-state index in [0.717, 1.165) is 10.1 Å². The first kappa shape index (κ1) is 20.1. The average Bonchev–Trinajstić information content (AvgIpc) is 2.73. The predicted molar refractivity (Wildman–Crippen MR) is 118 cm³/mol. The summed E-state index contributed by atoms with van der Waals surface area (Å²) in [6.07, 6.45) is 1.45. The van der Waals surface area contributed by atoms with Crippen LogP contribution in [0.3, 0.4) is 0 Å². The first-order valence-corrected chi connectivity index (χ1v) is 9.04. The maximum atomic E-state index is 12.9. The van der Waals surface area contributed by atoms with Crippen LogP contribution in [0.1, 0.15) is 18.1 Å². The fraction of sp³-hybridized carbons (Fsp3) is 0.0909. The highest BCUT2D eigenvalue weighted by molar-refractivity contribution is 6.32. The second kappa shape index (κ2) is 8.55. The molecule has 0 aliphatic heterocycles.